The molecule has 1 aromatic carbocycles. The summed E-state index contributed by atoms with van der Waals surface area (Å²) in [5.41, 5.74) is 1.30. The summed E-state index contributed by atoms with van der Waals surface area (Å²) in [4.78, 5) is 0. The monoisotopic (exact) mass is 386 g/mol. The van der Waals surface area contributed by atoms with Gasteiger partial charge in [0.1, 0.15) is 0 Å². The van der Waals surface area contributed by atoms with Crippen LogP contribution in [0.1, 0.15) is 67.3 Å². The molecule has 1 saturated heterocycles. The summed E-state index contributed by atoms with van der Waals surface area (Å²) < 4.78 is 9.38. The van der Waals surface area contributed by atoms with Gasteiger partial charge >= 0.3 is 0 Å². The highest BCUT2D eigenvalue weighted by Gasteiger charge is 2.51. The van der Waals surface area contributed by atoms with Crippen molar-refractivity contribution in [1.29, 1.82) is 0 Å². The van der Waals surface area contributed by atoms with Crippen molar-refractivity contribution in [2.45, 2.75) is 96.6 Å². The Morgan fingerprint density at radius 1 is 0.963 bits per heavy atom. The van der Waals surface area contributed by atoms with E-state index in [1.165, 1.54) is 10.9 Å². The van der Waals surface area contributed by atoms with Gasteiger partial charge in [-0.25, -0.2) is 0 Å². The molecule has 0 saturated carbocycles. The lowest BCUT2D eigenvalue weighted by atomic mass is 9.79. The zero-order valence-electron chi connectivity index (χ0n) is 18.8. The van der Waals surface area contributed by atoms with Crippen molar-refractivity contribution in [2.24, 2.45) is 0 Å². The van der Waals surface area contributed by atoms with Gasteiger partial charge in [0, 0.05) is 28.8 Å². The van der Waals surface area contributed by atoms with Gasteiger partial charge in [0.05, 0.1) is 0 Å². The lowest BCUT2D eigenvalue weighted by molar-refractivity contribution is -0.234. The van der Waals surface area contributed by atoms with Crippen molar-refractivity contribution in [2.75, 3.05) is 0 Å². The van der Waals surface area contributed by atoms with E-state index in [0.717, 1.165) is 12.8 Å². The maximum absolute atomic E-state index is 6.89. The first-order chi connectivity index (χ1) is 12.2. The standard InChI is InChI=1S/C23H38N2OSi/c1-21(2,3)27(8,9)26-25-22(4,5)16-19(17-23(25,6)7)24-15-14-18-12-10-11-13-20(18)24/h10-15,19H,16-17H2,1-9H3. The maximum atomic E-state index is 6.89. The summed E-state index contributed by atoms with van der Waals surface area (Å²) in [6.07, 6.45) is 4.44. The third kappa shape index (κ3) is 3.76. The van der Waals surface area contributed by atoms with E-state index in [2.05, 4.69) is 108 Å². The molecule has 0 amide bonds. The highest BCUT2D eigenvalue weighted by molar-refractivity contribution is 6.74. The van der Waals surface area contributed by atoms with Crippen LogP contribution < -0.4 is 0 Å². The zero-order valence-corrected chi connectivity index (χ0v) is 19.8. The predicted octanol–water partition coefficient (Wildman–Crippen LogP) is 6.77. The van der Waals surface area contributed by atoms with Gasteiger partial charge in [0.2, 0.25) is 8.32 Å². The van der Waals surface area contributed by atoms with Crippen molar-refractivity contribution < 1.29 is 4.53 Å². The molecule has 27 heavy (non-hydrogen) atoms. The van der Waals surface area contributed by atoms with Gasteiger partial charge in [-0.2, -0.15) is 5.06 Å². The summed E-state index contributed by atoms with van der Waals surface area (Å²) in [6.45, 7) is 21.0. The van der Waals surface area contributed by atoms with Crippen molar-refractivity contribution >= 4 is 19.2 Å². The maximum Gasteiger partial charge on any atom is 0.220 e. The molecule has 0 unspecified atom stereocenters. The lowest BCUT2D eigenvalue weighted by Gasteiger charge is -2.57. The number of nitrogens with zero attached hydrogens (tertiary/aromatic N) is 2. The van der Waals surface area contributed by atoms with Crippen LogP contribution in [-0.4, -0.2) is 29.0 Å². The summed E-state index contributed by atoms with van der Waals surface area (Å²) in [6, 6.07) is 11.4. The van der Waals surface area contributed by atoms with Crippen LogP contribution >= 0.6 is 0 Å². The first kappa shape index (κ1) is 20.6. The van der Waals surface area contributed by atoms with E-state index < -0.39 is 8.32 Å². The minimum absolute atomic E-state index is 0.0205. The molecule has 1 aliphatic heterocycles. The zero-order chi connectivity index (χ0) is 20.3. The fourth-order valence-electron chi connectivity index (χ4n) is 4.44. The Kier molecular flexibility index (Phi) is 4.94. The summed E-state index contributed by atoms with van der Waals surface area (Å²) in [7, 11) is -1.88. The average molecular weight is 387 g/mol. The number of rotatable bonds is 3. The van der Waals surface area contributed by atoms with Gasteiger partial charge in [0.25, 0.3) is 0 Å². The van der Waals surface area contributed by atoms with Crippen LogP contribution in [0.4, 0.5) is 0 Å². The second-order valence-electron chi connectivity index (χ2n) is 11.1. The largest absolute Gasteiger partial charge is 0.344 e. The van der Waals surface area contributed by atoms with Crippen molar-refractivity contribution in [3.05, 3.63) is 36.5 Å². The Balaban J connectivity index is 1.93. The number of hydroxylamine groups is 2. The molecular weight excluding hydrogens is 348 g/mol. The second kappa shape index (κ2) is 6.46. The van der Waals surface area contributed by atoms with E-state index in [0.29, 0.717) is 6.04 Å². The van der Waals surface area contributed by atoms with Gasteiger partial charge in [-0.05, 0) is 76.2 Å². The van der Waals surface area contributed by atoms with Crippen molar-refractivity contribution in [1.82, 2.24) is 9.63 Å². The molecule has 0 N–H and O–H groups in total. The minimum atomic E-state index is -1.88. The number of hydrogen-bond donors (Lipinski definition) is 0. The van der Waals surface area contributed by atoms with Crippen LogP contribution in [0.15, 0.2) is 36.5 Å². The molecule has 3 nitrogen and oxygen atoms in total. The van der Waals surface area contributed by atoms with E-state index >= 15 is 0 Å². The van der Waals surface area contributed by atoms with Crippen molar-refractivity contribution in [3.8, 4) is 0 Å². The van der Waals surface area contributed by atoms with E-state index in [4.69, 9.17) is 4.53 Å². The Labute approximate surface area is 166 Å². The molecule has 0 atom stereocenters. The molecule has 0 radical (unpaired) electrons. The number of piperidine rings is 1. The van der Waals surface area contributed by atoms with Crippen LogP contribution in [0.2, 0.25) is 18.1 Å². The topological polar surface area (TPSA) is 17.4 Å². The van der Waals surface area contributed by atoms with E-state index in [1.54, 1.807) is 0 Å². The molecule has 4 heteroatoms. The summed E-state index contributed by atoms with van der Waals surface area (Å²) in [5.74, 6) is 0. The summed E-state index contributed by atoms with van der Waals surface area (Å²) >= 11 is 0. The SMILES string of the molecule is CC1(C)CC(n2ccc3ccccc32)CC(C)(C)N1O[Si](C)(C)C(C)(C)C. The number of fused-ring (bicyclic) bond motifs is 1. The molecule has 1 fully saturated rings. The van der Waals surface area contributed by atoms with Gasteiger partial charge in [-0.3, -0.25) is 0 Å². The molecule has 150 valence electrons. The molecule has 1 aliphatic rings. The second-order valence-corrected chi connectivity index (χ2v) is 15.8. The van der Waals surface area contributed by atoms with Gasteiger partial charge in [-0.15, -0.1) is 0 Å². The van der Waals surface area contributed by atoms with Gasteiger partial charge in [0.15, 0.2) is 0 Å². The molecule has 0 bridgehead atoms. The number of hydrogen-bond acceptors (Lipinski definition) is 2. The van der Waals surface area contributed by atoms with E-state index in [1.807, 2.05) is 0 Å². The molecule has 0 aliphatic carbocycles. The highest BCUT2D eigenvalue weighted by Crippen LogP contribution is 2.47. The normalized spacial score (nSPS) is 21.7. The smallest absolute Gasteiger partial charge is 0.220 e. The lowest BCUT2D eigenvalue weighted by Crippen LogP contribution is -2.64. The Morgan fingerprint density at radius 3 is 2.07 bits per heavy atom. The molecule has 2 aromatic rings. The molecule has 2 heterocycles. The fourth-order valence-corrected chi connectivity index (χ4v) is 5.67. The number of para-hydroxylation sites is 1. The number of benzene rings is 1. The Hall–Kier alpha value is -1.10. The minimum Gasteiger partial charge on any atom is -0.344 e. The summed E-state index contributed by atoms with van der Waals surface area (Å²) in [5, 5.41) is 3.89. The Morgan fingerprint density at radius 2 is 1.52 bits per heavy atom. The fraction of sp³-hybridized carbons (Fsp3) is 0.652. The predicted molar refractivity (Wildman–Crippen MR) is 118 cm³/mol. The molecule has 1 aromatic heterocycles. The average Bonchev–Trinajstić information content (AvgIpc) is 2.93. The first-order valence-electron chi connectivity index (χ1n) is 10.3. The molecule has 3 rings (SSSR count). The molecule has 0 spiro atoms. The van der Waals surface area contributed by atoms with Gasteiger partial charge in [-0.1, -0.05) is 39.0 Å². The van der Waals surface area contributed by atoms with Crippen LogP contribution in [0.5, 0.6) is 0 Å². The number of aromatic nitrogens is 1. The third-order valence-corrected chi connectivity index (χ3v) is 11.0. The Bertz CT molecular complexity index is 795. The van der Waals surface area contributed by atoms with Crippen LogP contribution in [0, 0.1) is 0 Å². The van der Waals surface area contributed by atoms with Gasteiger partial charge < -0.3 is 9.09 Å². The molecular formula is C23H38N2OSi. The van der Waals surface area contributed by atoms with E-state index in [9.17, 15) is 0 Å². The van der Waals surface area contributed by atoms with Crippen molar-refractivity contribution in [3.63, 3.8) is 0 Å². The highest BCUT2D eigenvalue weighted by atomic mass is 28.4. The first-order valence-corrected chi connectivity index (χ1v) is 13.2. The van der Waals surface area contributed by atoms with Crippen LogP contribution in [-0.2, 0) is 4.53 Å². The van der Waals surface area contributed by atoms with Crippen LogP contribution in [0.25, 0.3) is 10.9 Å². The van der Waals surface area contributed by atoms with Crippen LogP contribution in [0.3, 0.4) is 0 Å². The third-order valence-electron chi connectivity index (χ3n) is 6.72. The quantitative estimate of drug-likeness (QED) is 0.541. The van der Waals surface area contributed by atoms with E-state index in [-0.39, 0.29) is 16.1 Å².